The molecular weight excluding hydrogens is 274 g/mol. The molecule has 0 fully saturated rings. The van der Waals surface area contributed by atoms with Gasteiger partial charge in [0.05, 0.1) is 25.4 Å². The molecule has 0 spiro atoms. The highest BCUT2D eigenvalue weighted by Gasteiger charge is 2.11. The van der Waals surface area contributed by atoms with Gasteiger partial charge < -0.3 is 19.3 Å². The fourth-order valence-electron chi connectivity index (χ4n) is 1.60. The van der Waals surface area contributed by atoms with Gasteiger partial charge in [0.1, 0.15) is 0 Å². The molecule has 0 atom stereocenters. The SMILES string of the molecule is COCCOCCCOc1cc(C(=O)O)cc(C(C)C)n1. The molecule has 6 heteroatoms. The highest BCUT2D eigenvalue weighted by atomic mass is 16.5. The quantitative estimate of drug-likeness (QED) is 0.668. The number of hydrogen-bond donors (Lipinski definition) is 1. The monoisotopic (exact) mass is 297 g/mol. The van der Waals surface area contributed by atoms with Gasteiger partial charge in [0.15, 0.2) is 0 Å². The van der Waals surface area contributed by atoms with Crippen LogP contribution in [0.4, 0.5) is 0 Å². The smallest absolute Gasteiger partial charge is 0.335 e. The molecule has 0 amide bonds. The maximum atomic E-state index is 11.1. The zero-order chi connectivity index (χ0) is 15.7. The van der Waals surface area contributed by atoms with Gasteiger partial charge >= 0.3 is 5.97 Å². The number of carboxylic acids is 1. The molecule has 0 saturated heterocycles. The Hall–Kier alpha value is -1.66. The topological polar surface area (TPSA) is 77.9 Å². The Morgan fingerprint density at radius 2 is 2.00 bits per heavy atom. The predicted octanol–water partition coefficient (Wildman–Crippen LogP) is 2.34. The summed E-state index contributed by atoms with van der Waals surface area (Å²) in [7, 11) is 1.62. The van der Waals surface area contributed by atoms with Crippen LogP contribution in [0.25, 0.3) is 0 Å². The van der Waals surface area contributed by atoms with Crippen LogP contribution < -0.4 is 4.74 Å². The Labute approximate surface area is 125 Å². The number of ether oxygens (including phenoxy) is 3. The minimum Gasteiger partial charge on any atom is -0.478 e. The van der Waals surface area contributed by atoms with Gasteiger partial charge in [-0.3, -0.25) is 0 Å². The van der Waals surface area contributed by atoms with E-state index in [1.165, 1.54) is 6.07 Å². The van der Waals surface area contributed by atoms with Crippen molar-refractivity contribution in [2.24, 2.45) is 0 Å². The van der Waals surface area contributed by atoms with Crippen molar-refractivity contribution < 1.29 is 24.1 Å². The Morgan fingerprint density at radius 3 is 2.62 bits per heavy atom. The van der Waals surface area contributed by atoms with Gasteiger partial charge in [-0.25, -0.2) is 9.78 Å². The maximum absolute atomic E-state index is 11.1. The van der Waals surface area contributed by atoms with Crippen molar-refractivity contribution in [1.29, 1.82) is 0 Å². The van der Waals surface area contributed by atoms with Crippen molar-refractivity contribution in [1.82, 2.24) is 4.98 Å². The van der Waals surface area contributed by atoms with Crippen LogP contribution >= 0.6 is 0 Å². The third-order valence-corrected chi connectivity index (χ3v) is 2.77. The van der Waals surface area contributed by atoms with E-state index < -0.39 is 5.97 Å². The van der Waals surface area contributed by atoms with E-state index in [0.717, 1.165) is 0 Å². The van der Waals surface area contributed by atoms with E-state index >= 15 is 0 Å². The molecule has 6 nitrogen and oxygen atoms in total. The first-order valence-electron chi connectivity index (χ1n) is 6.99. The van der Waals surface area contributed by atoms with Gasteiger partial charge in [0.2, 0.25) is 5.88 Å². The lowest BCUT2D eigenvalue weighted by Crippen LogP contribution is -2.09. The molecular formula is C15H23NO5. The van der Waals surface area contributed by atoms with Gasteiger partial charge in [0, 0.05) is 31.9 Å². The Kier molecular flexibility index (Phi) is 7.71. The number of carboxylic acid groups (broad SMARTS) is 1. The van der Waals surface area contributed by atoms with Crippen LogP contribution in [0.1, 0.15) is 42.2 Å². The van der Waals surface area contributed by atoms with Gasteiger partial charge in [-0.2, -0.15) is 0 Å². The normalized spacial score (nSPS) is 10.9. The predicted molar refractivity (Wildman–Crippen MR) is 78.1 cm³/mol. The Bertz CT molecular complexity index is 448. The summed E-state index contributed by atoms with van der Waals surface area (Å²) in [5.41, 5.74) is 0.904. The number of methoxy groups -OCH3 is 1. The van der Waals surface area contributed by atoms with Crippen LogP contribution in [0.5, 0.6) is 5.88 Å². The number of pyridine rings is 1. The zero-order valence-electron chi connectivity index (χ0n) is 12.8. The number of aromatic carboxylic acids is 1. The first-order valence-corrected chi connectivity index (χ1v) is 6.99. The average molecular weight is 297 g/mol. The molecule has 1 aromatic rings. The Morgan fingerprint density at radius 1 is 1.24 bits per heavy atom. The molecule has 118 valence electrons. The largest absolute Gasteiger partial charge is 0.478 e. The fourth-order valence-corrected chi connectivity index (χ4v) is 1.60. The molecule has 0 bridgehead atoms. The molecule has 1 N–H and O–H groups in total. The lowest BCUT2D eigenvalue weighted by atomic mass is 10.1. The standard InChI is InChI=1S/C15H23NO5/c1-11(2)13-9-12(15(17)18)10-14(16-13)21-6-4-5-20-8-7-19-3/h9-11H,4-8H2,1-3H3,(H,17,18). The second-order valence-electron chi connectivity index (χ2n) is 4.89. The molecule has 0 saturated carbocycles. The molecule has 0 aromatic carbocycles. The molecule has 0 aliphatic heterocycles. The van der Waals surface area contributed by atoms with Crippen molar-refractivity contribution in [3.8, 4) is 5.88 Å². The van der Waals surface area contributed by atoms with E-state index in [1.54, 1.807) is 13.2 Å². The Balaban J connectivity index is 2.48. The van der Waals surface area contributed by atoms with Crippen molar-refractivity contribution in [2.45, 2.75) is 26.2 Å². The highest BCUT2D eigenvalue weighted by molar-refractivity contribution is 5.88. The van der Waals surface area contributed by atoms with Gasteiger partial charge in [-0.1, -0.05) is 13.8 Å². The third kappa shape index (κ3) is 6.55. The second-order valence-corrected chi connectivity index (χ2v) is 4.89. The van der Waals surface area contributed by atoms with Crippen LogP contribution in [-0.4, -0.2) is 49.6 Å². The van der Waals surface area contributed by atoms with Crippen LogP contribution in [0.15, 0.2) is 12.1 Å². The van der Waals surface area contributed by atoms with Gasteiger partial charge in [-0.15, -0.1) is 0 Å². The van der Waals surface area contributed by atoms with Gasteiger partial charge in [0.25, 0.3) is 0 Å². The maximum Gasteiger partial charge on any atom is 0.335 e. The lowest BCUT2D eigenvalue weighted by Gasteiger charge is -2.10. The third-order valence-electron chi connectivity index (χ3n) is 2.77. The fraction of sp³-hybridized carbons (Fsp3) is 0.600. The summed E-state index contributed by atoms with van der Waals surface area (Å²) < 4.78 is 15.7. The average Bonchev–Trinajstić information content (AvgIpc) is 2.46. The summed E-state index contributed by atoms with van der Waals surface area (Å²) in [5, 5.41) is 9.09. The molecule has 21 heavy (non-hydrogen) atoms. The minimum atomic E-state index is -0.980. The molecule has 0 aliphatic rings. The number of hydrogen-bond acceptors (Lipinski definition) is 5. The van der Waals surface area contributed by atoms with Crippen LogP contribution in [0, 0.1) is 0 Å². The first kappa shape index (κ1) is 17.4. The van der Waals surface area contributed by atoms with E-state index in [4.69, 9.17) is 19.3 Å². The van der Waals surface area contributed by atoms with E-state index in [1.807, 2.05) is 13.8 Å². The number of nitrogens with zero attached hydrogens (tertiary/aromatic N) is 1. The highest BCUT2D eigenvalue weighted by Crippen LogP contribution is 2.19. The van der Waals surface area contributed by atoms with E-state index in [-0.39, 0.29) is 11.5 Å². The summed E-state index contributed by atoms with van der Waals surface area (Å²) in [6, 6.07) is 3.02. The minimum absolute atomic E-state index is 0.143. The van der Waals surface area contributed by atoms with Crippen molar-refractivity contribution in [3.63, 3.8) is 0 Å². The number of carbonyl (C=O) groups is 1. The summed E-state index contributed by atoms with van der Waals surface area (Å²) >= 11 is 0. The summed E-state index contributed by atoms with van der Waals surface area (Å²) in [4.78, 5) is 15.4. The zero-order valence-corrected chi connectivity index (χ0v) is 12.8. The van der Waals surface area contributed by atoms with Crippen LogP contribution in [0.3, 0.4) is 0 Å². The lowest BCUT2D eigenvalue weighted by molar-refractivity contribution is 0.0640. The summed E-state index contributed by atoms with van der Waals surface area (Å²) in [6.45, 7) is 6.05. The van der Waals surface area contributed by atoms with Gasteiger partial charge in [-0.05, 0) is 12.0 Å². The molecule has 1 aromatic heterocycles. The first-order chi connectivity index (χ1) is 10.0. The second kappa shape index (κ2) is 9.31. The molecule has 0 unspecified atom stereocenters. The number of rotatable bonds is 10. The van der Waals surface area contributed by atoms with Crippen molar-refractivity contribution >= 4 is 5.97 Å². The van der Waals surface area contributed by atoms with E-state index in [2.05, 4.69) is 4.98 Å². The number of aromatic nitrogens is 1. The van der Waals surface area contributed by atoms with E-state index in [0.29, 0.717) is 44.4 Å². The molecule has 1 rings (SSSR count). The van der Waals surface area contributed by atoms with Crippen LogP contribution in [0.2, 0.25) is 0 Å². The van der Waals surface area contributed by atoms with E-state index in [9.17, 15) is 4.79 Å². The van der Waals surface area contributed by atoms with Crippen LogP contribution in [-0.2, 0) is 9.47 Å². The summed E-state index contributed by atoms with van der Waals surface area (Å²) in [5.74, 6) is -0.494. The van der Waals surface area contributed by atoms with Crippen molar-refractivity contribution in [3.05, 3.63) is 23.4 Å². The molecule has 0 aliphatic carbocycles. The molecule has 1 heterocycles. The van der Waals surface area contributed by atoms with Crippen molar-refractivity contribution in [2.75, 3.05) is 33.5 Å². The molecule has 0 radical (unpaired) electrons. The summed E-state index contributed by atoms with van der Waals surface area (Å²) in [6.07, 6.45) is 0.708.